The van der Waals surface area contributed by atoms with Crippen LogP contribution in [0.25, 0.3) is 0 Å². The van der Waals surface area contributed by atoms with Gasteiger partial charge >= 0.3 is 5.97 Å². The number of rotatable bonds is 4. The number of aliphatic carboxylic acids is 1. The lowest BCUT2D eigenvalue weighted by atomic mass is 9.85. The normalized spacial score (nSPS) is 13.1. The molecule has 3 heteroatoms. The van der Waals surface area contributed by atoms with E-state index in [1.807, 2.05) is 12.1 Å². The predicted octanol–water partition coefficient (Wildman–Crippen LogP) is 3.28. The number of benzene rings is 1. The lowest BCUT2D eigenvalue weighted by Gasteiger charge is -2.19. The summed E-state index contributed by atoms with van der Waals surface area (Å²) < 4.78 is 0. The van der Waals surface area contributed by atoms with Gasteiger partial charge in [0, 0.05) is 5.56 Å². The fourth-order valence-corrected chi connectivity index (χ4v) is 1.81. The predicted molar refractivity (Wildman–Crippen MR) is 70.9 cm³/mol. The van der Waals surface area contributed by atoms with Crippen molar-refractivity contribution in [2.24, 2.45) is 5.92 Å². The molecule has 0 amide bonds. The Morgan fingerprint density at radius 2 is 1.67 bits per heavy atom. The molecule has 0 saturated carbocycles. The van der Waals surface area contributed by atoms with E-state index in [0.717, 1.165) is 5.56 Å². The fraction of sp³-hybridized carbons (Fsp3) is 0.467. The monoisotopic (exact) mass is 248 g/mol. The average molecular weight is 248 g/mol. The van der Waals surface area contributed by atoms with Crippen LogP contribution in [-0.2, 0) is 10.2 Å². The Morgan fingerprint density at radius 1 is 1.17 bits per heavy atom. The minimum absolute atomic E-state index is 0.0263. The summed E-state index contributed by atoms with van der Waals surface area (Å²) in [7, 11) is 0. The molecule has 1 atom stereocenters. The number of carboxylic acids is 1. The molecular weight excluding hydrogens is 228 g/mol. The first-order chi connectivity index (χ1) is 8.27. The van der Waals surface area contributed by atoms with Crippen molar-refractivity contribution in [3.8, 4) is 0 Å². The van der Waals surface area contributed by atoms with Crippen LogP contribution in [0.2, 0.25) is 0 Å². The standard InChI is InChI=1S/C15H20O3/c1-5-12(14(17)18)13(16)10-6-8-11(9-7-10)15(2,3)4/h6-9,12H,5H2,1-4H3,(H,17,18). The molecule has 18 heavy (non-hydrogen) atoms. The van der Waals surface area contributed by atoms with Gasteiger partial charge in [0.05, 0.1) is 0 Å². The summed E-state index contributed by atoms with van der Waals surface area (Å²) in [4.78, 5) is 22.9. The van der Waals surface area contributed by atoms with Gasteiger partial charge in [-0.2, -0.15) is 0 Å². The first-order valence-corrected chi connectivity index (χ1v) is 6.15. The van der Waals surface area contributed by atoms with Gasteiger partial charge < -0.3 is 5.11 Å². The van der Waals surface area contributed by atoms with Gasteiger partial charge in [0.25, 0.3) is 0 Å². The maximum absolute atomic E-state index is 12.0. The van der Waals surface area contributed by atoms with Crippen LogP contribution < -0.4 is 0 Å². The summed E-state index contributed by atoms with van der Waals surface area (Å²) >= 11 is 0. The maximum Gasteiger partial charge on any atom is 0.314 e. The first-order valence-electron chi connectivity index (χ1n) is 6.15. The molecule has 1 rings (SSSR count). The highest BCUT2D eigenvalue weighted by atomic mass is 16.4. The molecular formula is C15H20O3. The van der Waals surface area contributed by atoms with E-state index in [9.17, 15) is 9.59 Å². The summed E-state index contributed by atoms with van der Waals surface area (Å²) in [5.74, 6) is -2.31. The number of carboxylic acid groups (broad SMARTS) is 1. The first kappa shape index (κ1) is 14.4. The van der Waals surface area contributed by atoms with Crippen LogP contribution in [0.3, 0.4) is 0 Å². The fourth-order valence-electron chi connectivity index (χ4n) is 1.81. The third kappa shape index (κ3) is 3.19. The van der Waals surface area contributed by atoms with Crippen molar-refractivity contribution < 1.29 is 14.7 Å². The van der Waals surface area contributed by atoms with Crippen molar-refractivity contribution in [3.63, 3.8) is 0 Å². The van der Waals surface area contributed by atoms with Crippen molar-refractivity contribution in [2.75, 3.05) is 0 Å². The molecule has 0 spiro atoms. The Labute approximate surface area is 108 Å². The van der Waals surface area contributed by atoms with E-state index in [0.29, 0.717) is 12.0 Å². The highest BCUT2D eigenvalue weighted by Crippen LogP contribution is 2.23. The van der Waals surface area contributed by atoms with Gasteiger partial charge in [0.15, 0.2) is 5.78 Å². The van der Waals surface area contributed by atoms with E-state index in [4.69, 9.17) is 5.11 Å². The lowest BCUT2D eigenvalue weighted by molar-refractivity contribution is -0.140. The van der Waals surface area contributed by atoms with Gasteiger partial charge in [-0.15, -0.1) is 0 Å². The van der Waals surface area contributed by atoms with Gasteiger partial charge in [-0.1, -0.05) is 52.0 Å². The number of carbonyl (C=O) groups excluding carboxylic acids is 1. The molecule has 1 N–H and O–H groups in total. The molecule has 1 aromatic rings. The summed E-state index contributed by atoms with van der Waals surface area (Å²) in [6.07, 6.45) is 0.315. The second kappa shape index (κ2) is 5.34. The topological polar surface area (TPSA) is 54.4 Å². The number of hydrogen-bond acceptors (Lipinski definition) is 2. The maximum atomic E-state index is 12.0. The smallest absolute Gasteiger partial charge is 0.314 e. The zero-order chi connectivity index (χ0) is 13.9. The van der Waals surface area contributed by atoms with Crippen LogP contribution in [-0.4, -0.2) is 16.9 Å². The summed E-state index contributed by atoms with van der Waals surface area (Å²) in [6.45, 7) is 7.99. The third-order valence-electron chi connectivity index (χ3n) is 3.06. The van der Waals surface area contributed by atoms with Crippen LogP contribution in [0.5, 0.6) is 0 Å². The van der Waals surface area contributed by atoms with E-state index in [-0.39, 0.29) is 11.2 Å². The van der Waals surface area contributed by atoms with Crippen LogP contribution in [0.15, 0.2) is 24.3 Å². The Balaban J connectivity index is 2.99. The summed E-state index contributed by atoms with van der Waals surface area (Å²) in [6, 6.07) is 7.21. The summed E-state index contributed by atoms with van der Waals surface area (Å²) in [5, 5.41) is 8.97. The zero-order valence-electron chi connectivity index (χ0n) is 11.4. The zero-order valence-corrected chi connectivity index (χ0v) is 11.4. The number of ketones is 1. The SMILES string of the molecule is CCC(C(=O)O)C(=O)c1ccc(C(C)(C)C)cc1. The molecule has 0 saturated heterocycles. The second-order valence-electron chi connectivity index (χ2n) is 5.49. The second-order valence-corrected chi connectivity index (χ2v) is 5.49. The molecule has 0 aliphatic heterocycles. The molecule has 0 aliphatic carbocycles. The highest BCUT2D eigenvalue weighted by molar-refractivity contribution is 6.08. The van der Waals surface area contributed by atoms with E-state index in [2.05, 4.69) is 20.8 Å². The Kier molecular flexibility index (Phi) is 4.28. The van der Waals surface area contributed by atoms with Gasteiger partial charge in [-0.25, -0.2) is 0 Å². The van der Waals surface area contributed by atoms with Crippen LogP contribution >= 0.6 is 0 Å². The van der Waals surface area contributed by atoms with Gasteiger partial charge in [0.1, 0.15) is 5.92 Å². The molecule has 0 aliphatic rings. The van der Waals surface area contributed by atoms with Crippen molar-refractivity contribution in [3.05, 3.63) is 35.4 Å². The molecule has 0 radical (unpaired) electrons. The molecule has 0 aromatic heterocycles. The Morgan fingerprint density at radius 3 is 2.00 bits per heavy atom. The molecule has 3 nitrogen and oxygen atoms in total. The van der Waals surface area contributed by atoms with Crippen LogP contribution in [0.4, 0.5) is 0 Å². The molecule has 0 bridgehead atoms. The molecule has 0 fully saturated rings. The van der Waals surface area contributed by atoms with Crippen LogP contribution in [0, 0.1) is 5.92 Å². The average Bonchev–Trinajstić information content (AvgIpc) is 2.28. The van der Waals surface area contributed by atoms with E-state index in [1.54, 1.807) is 19.1 Å². The van der Waals surface area contributed by atoms with Gasteiger partial charge in [0.2, 0.25) is 0 Å². The lowest BCUT2D eigenvalue weighted by Crippen LogP contribution is -2.23. The van der Waals surface area contributed by atoms with Crippen molar-refractivity contribution in [2.45, 2.75) is 39.5 Å². The third-order valence-corrected chi connectivity index (χ3v) is 3.06. The van der Waals surface area contributed by atoms with E-state index in [1.165, 1.54) is 0 Å². The van der Waals surface area contributed by atoms with Crippen LogP contribution in [0.1, 0.15) is 50.0 Å². The van der Waals surface area contributed by atoms with E-state index >= 15 is 0 Å². The molecule has 98 valence electrons. The largest absolute Gasteiger partial charge is 0.481 e. The Hall–Kier alpha value is -1.64. The van der Waals surface area contributed by atoms with Crippen molar-refractivity contribution in [1.82, 2.24) is 0 Å². The van der Waals surface area contributed by atoms with Crippen molar-refractivity contribution in [1.29, 1.82) is 0 Å². The quantitative estimate of drug-likeness (QED) is 0.657. The van der Waals surface area contributed by atoms with Gasteiger partial charge in [-0.3, -0.25) is 9.59 Å². The molecule has 1 aromatic carbocycles. The highest BCUT2D eigenvalue weighted by Gasteiger charge is 2.25. The molecule has 0 heterocycles. The minimum atomic E-state index is -1.05. The van der Waals surface area contributed by atoms with Crippen molar-refractivity contribution >= 4 is 11.8 Å². The Bertz CT molecular complexity index is 438. The van der Waals surface area contributed by atoms with E-state index < -0.39 is 11.9 Å². The number of hydrogen-bond donors (Lipinski definition) is 1. The summed E-state index contributed by atoms with van der Waals surface area (Å²) in [5.41, 5.74) is 1.62. The number of carbonyl (C=O) groups is 2. The molecule has 1 unspecified atom stereocenters. The number of Topliss-reactive ketones (excluding diaryl/α,β-unsaturated/α-hetero) is 1. The van der Waals surface area contributed by atoms with Gasteiger partial charge in [-0.05, 0) is 17.4 Å². The minimum Gasteiger partial charge on any atom is -0.481 e.